The van der Waals surface area contributed by atoms with Crippen LogP contribution >= 0.6 is 34.5 Å². The molecule has 1 unspecified atom stereocenters. The van der Waals surface area contributed by atoms with Crippen LogP contribution in [-0.2, 0) is 11.3 Å². The number of carbonyl (C=O) groups excluding carboxylic acids is 1. The Kier molecular flexibility index (Phi) is 5.82. The van der Waals surface area contributed by atoms with Crippen LogP contribution < -0.4 is 0 Å². The molecule has 1 aliphatic heterocycles. The first-order valence-electron chi connectivity index (χ1n) is 7.98. The van der Waals surface area contributed by atoms with Gasteiger partial charge in [-0.15, -0.1) is 0 Å². The largest absolute Gasteiger partial charge is 0.335 e. The Balaban J connectivity index is 1.65. The predicted molar refractivity (Wildman–Crippen MR) is 101 cm³/mol. The summed E-state index contributed by atoms with van der Waals surface area (Å²) in [6, 6.07) is 7.86. The third-order valence-corrected chi connectivity index (χ3v) is 5.81. The van der Waals surface area contributed by atoms with E-state index in [2.05, 4.69) is 21.7 Å². The number of likely N-dealkylation sites (tertiary alicyclic amines) is 1. The summed E-state index contributed by atoms with van der Waals surface area (Å²) in [5.41, 5.74) is 2.31. The third kappa shape index (κ3) is 4.12. The summed E-state index contributed by atoms with van der Waals surface area (Å²) < 4.78 is 0. The Bertz CT molecular complexity index is 705. The van der Waals surface area contributed by atoms with Crippen molar-refractivity contribution in [2.24, 2.45) is 0 Å². The molecule has 0 aliphatic carbocycles. The van der Waals surface area contributed by atoms with Crippen LogP contribution in [0.2, 0.25) is 10.0 Å². The third-order valence-electron chi connectivity index (χ3n) is 4.34. The van der Waals surface area contributed by atoms with E-state index in [1.165, 1.54) is 5.56 Å². The monoisotopic (exact) mass is 382 g/mol. The van der Waals surface area contributed by atoms with E-state index >= 15 is 0 Å². The molecule has 128 valence electrons. The minimum Gasteiger partial charge on any atom is -0.335 e. The Morgan fingerprint density at radius 3 is 2.88 bits per heavy atom. The Morgan fingerprint density at radius 1 is 1.33 bits per heavy atom. The standard InChI is InChI=1S/C18H20Cl2N2OS/c1-21(10-13-6-8-24-12-13)11-18(23)22-7-2-3-17(22)14-4-5-15(19)16(20)9-14/h4-6,8-9,12,17H,2-3,7,10-11H2,1H3. The van der Waals surface area contributed by atoms with Gasteiger partial charge in [0.1, 0.15) is 0 Å². The highest BCUT2D eigenvalue weighted by Gasteiger charge is 2.30. The highest BCUT2D eigenvalue weighted by molar-refractivity contribution is 7.07. The van der Waals surface area contributed by atoms with Crippen LogP contribution in [-0.4, -0.2) is 35.8 Å². The first-order valence-corrected chi connectivity index (χ1v) is 9.68. The highest BCUT2D eigenvalue weighted by atomic mass is 35.5. The van der Waals surface area contributed by atoms with Crippen molar-refractivity contribution in [2.75, 3.05) is 20.1 Å². The van der Waals surface area contributed by atoms with Crippen LogP contribution in [0.5, 0.6) is 0 Å². The molecule has 1 atom stereocenters. The fourth-order valence-electron chi connectivity index (χ4n) is 3.20. The van der Waals surface area contributed by atoms with Crippen molar-refractivity contribution >= 4 is 40.4 Å². The maximum atomic E-state index is 12.7. The van der Waals surface area contributed by atoms with Gasteiger partial charge in [-0.05, 0) is 60.0 Å². The van der Waals surface area contributed by atoms with Gasteiger partial charge in [-0.25, -0.2) is 0 Å². The van der Waals surface area contributed by atoms with Gasteiger partial charge in [-0.1, -0.05) is 29.3 Å². The Morgan fingerprint density at radius 2 is 2.17 bits per heavy atom. The number of rotatable bonds is 5. The lowest BCUT2D eigenvalue weighted by molar-refractivity contribution is -0.133. The quantitative estimate of drug-likeness (QED) is 0.737. The number of amides is 1. The van der Waals surface area contributed by atoms with Gasteiger partial charge in [0.15, 0.2) is 0 Å². The van der Waals surface area contributed by atoms with Crippen molar-refractivity contribution in [1.29, 1.82) is 0 Å². The van der Waals surface area contributed by atoms with E-state index < -0.39 is 0 Å². The zero-order valence-electron chi connectivity index (χ0n) is 13.5. The number of halogens is 2. The predicted octanol–water partition coefficient (Wildman–Crippen LogP) is 4.85. The molecule has 0 saturated carbocycles. The zero-order valence-corrected chi connectivity index (χ0v) is 15.9. The molecule has 3 nitrogen and oxygen atoms in total. The molecular formula is C18H20Cl2N2OS. The maximum Gasteiger partial charge on any atom is 0.237 e. The summed E-state index contributed by atoms with van der Waals surface area (Å²) in [7, 11) is 1.99. The van der Waals surface area contributed by atoms with Gasteiger partial charge in [0, 0.05) is 13.1 Å². The van der Waals surface area contributed by atoms with E-state index in [-0.39, 0.29) is 11.9 Å². The van der Waals surface area contributed by atoms with Crippen molar-refractivity contribution in [1.82, 2.24) is 9.80 Å². The average molecular weight is 383 g/mol. The molecule has 0 spiro atoms. The molecule has 24 heavy (non-hydrogen) atoms. The molecule has 1 aliphatic rings. The summed E-state index contributed by atoms with van der Waals surface area (Å²) >= 11 is 13.8. The van der Waals surface area contributed by atoms with Crippen LogP contribution in [0.3, 0.4) is 0 Å². The number of hydrogen-bond donors (Lipinski definition) is 0. The molecule has 1 aromatic heterocycles. The normalized spacial score (nSPS) is 17.7. The average Bonchev–Trinajstić information content (AvgIpc) is 3.21. The molecule has 1 aromatic carbocycles. The van der Waals surface area contributed by atoms with Crippen molar-refractivity contribution in [2.45, 2.75) is 25.4 Å². The number of thiophene rings is 1. The fourth-order valence-corrected chi connectivity index (χ4v) is 4.17. The summed E-state index contributed by atoms with van der Waals surface area (Å²) in [6.07, 6.45) is 1.99. The zero-order chi connectivity index (χ0) is 17.1. The number of hydrogen-bond acceptors (Lipinski definition) is 3. The van der Waals surface area contributed by atoms with Crippen LogP contribution in [0, 0.1) is 0 Å². The van der Waals surface area contributed by atoms with Crippen molar-refractivity contribution in [3.63, 3.8) is 0 Å². The lowest BCUT2D eigenvalue weighted by atomic mass is 10.0. The number of carbonyl (C=O) groups is 1. The van der Waals surface area contributed by atoms with Crippen LogP contribution in [0.25, 0.3) is 0 Å². The van der Waals surface area contributed by atoms with E-state index in [0.717, 1.165) is 31.5 Å². The minimum atomic E-state index is 0.0989. The molecule has 3 rings (SSSR count). The lowest BCUT2D eigenvalue weighted by Gasteiger charge is -2.27. The molecule has 1 saturated heterocycles. The Labute approximate surface area is 156 Å². The van der Waals surface area contributed by atoms with E-state index in [4.69, 9.17) is 23.2 Å². The molecule has 1 amide bonds. The highest BCUT2D eigenvalue weighted by Crippen LogP contribution is 2.35. The first-order chi connectivity index (χ1) is 11.5. The van der Waals surface area contributed by atoms with Gasteiger partial charge in [0.25, 0.3) is 0 Å². The molecule has 6 heteroatoms. The molecule has 1 fully saturated rings. The van der Waals surface area contributed by atoms with Crippen molar-refractivity contribution in [3.05, 3.63) is 56.2 Å². The van der Waals surface area contributed by atoms with E-state index in [1.54, 1.807) is 11.3 Å². The molecular weight excluding hydrogens is 363 g/mol. The number of benzene rings is 1. The minimum absolute atomic E-state index is 0.0989. The van der Waals surface area contributed by atoms with Crippen LogP contribution in [0.4, 0.5) is 0 Å². The van der Waals surface area contributed by atoms with Gasteiger partial charge in [-0.2, -0.15) is 11.3 Å². The first kappa shape index (κ1) is 17.7. The molecule has 2 aromatic rings. The van der Waals surface area contributed by atoms with Crippen molar-refractivity contribution < 1.29 is 4.79 Å². The topological polar surface area (TPSA) is 23.6 Å². The van der Waals surface area contributed by atoms with Gasteiger partial charge < -0.3 is 4.90 Å². The van der Waals surface area contributed by atoms with Gasteiger partial charge in [0.2, 0.25) is 5.91 Å². The van der Waals surface area contributed by atoms with E-state index in [1.807, 2.05) is 30.1 Å². The molecule has 0 N–H and O–H groups in total. The summed E-state index contributed by atoms with van der Waals surface area (Å²) in [5, 5.41) is 5.27. The lowest BCUT2D eigenvalue weighted by Crippen LogP contribution is -2.38. The number of nitrogens with zero attached hydrogens (tertiary/aromatic N) is 2. The molecule has 0 radical (unpaired) electrons. The van der Waals surface area contributed by atoms with E-state index in [9.17, 15) is 4.79 Å². The fraction of sp³-hybridized carbons (Fsp3) is 0.389. The second-order valence-electron chi connectivity index (χ2n) is 6.22. The summed E-state index contributed by atoms with van der Waals surface area (Å²) in [5.74, 6) is 0.168. The van der Waals surface area contributed by atoms with Crippen molar-refractivity contribution in [3.8, 4) is 0 Å². The van der Waals surface area contributed by atoms with Gasteiger partial charge >= 0.3 is 0 Å². The van der Waals surface area contributed by atoms with Gasteiger partial charge in [0.05, 0.1) is 22.6 Å². The summed E-state index contributed by atoms with van der Waals surface area (Å²) in [4.78, 5) is 16.8. The maximum absolute atomic E-state index is 12.7. The second-order valence-corrected chi connectivity index (χ2v) is 7.82. The SMILES string of the molecule is CN(CC(=O)N1CCCC1c1ccc(Cl)c(Cl)c1)Cc1ccsc1. The molecule has 2 heterocycles. The second kappa shape index (κ2) is 7.87. The summed E-state index contributed by atoms with van der Waals surface area (Å²) in [6.45, 7) is 2.02. The van der Waals surface area contributed by atoms with Gasteiger partial charge in [-0.3, -0.25) is 9.69 Å². The van der Waals surface area contributed by atoms with E-state index in [0.29, 0.717) is 16.6 Å². The van der Waals surface area contributed by atoms with Crippen LogP contribution in [0.15, 0.2) is 35.0 Å². The Hall–Kier alpha value is -1.07. The number of likely N-dealkylation sites (N-methyl/N-ethyl adjacent to an activating group) is 1. The van der Waals surface area contributed by atoms with Crippen LogP contribution in [0.1, 0.15) is 30.0 Å². The smallest absolute Gasteiger partial charge is 0.237 e. The molecule has 0 bridgehead atoms.